The first-order valence-corrected chi connectivity index (χ1v) is 5.25. The second-order valence-corrected chi connectivity index (χ2v) is 3.95. The van der Waals surface area contributed by atoms with E-state index in [1.54, 1.807) is 19.2 Å². The number of benzene rings is 1. The van der Waals surface area contributed by atoms with Crippen LogP contribution in [0.15, 0.2) is 30.5 Å². The SMILES string of the molecule is Cc1ccc(-c2cc(F)c(C)cc2C#N)cn1. The topological polar surface area (TPSA) is 36.7 Å². The molecule has 0 saturated carbocycles. The van der Waals surface area contributed by atoms with Gasteiger partial charge < -0.3 is 0 Å². The molecular formula is C14H11FN2. The molecule has 0 N–H and O–H groups in total. The molecule has 1 aromatic heterocycles. The molecule has 0 aliphatic rings. The fourth-order valence-corrected chi connectivity index (χ4v) is 1.64. The van der Waals surface area contributed by atoms with E-state index >= 15 is 0 Å². The maximum Gasteiger partial charge on any atom is 0.126 e. The Balaban J connectivity index is 2.63. The van der Waals surface area contributed by atoms with Crippen molar-refractivity contribution in [2.45, 2.75) is 13.8 Å². The monoisotopic (exact) mass is 226 g/mol. The minimum absolute atomic E-state index is 0.306. The molecule has 1 heterocycles. The van der Waals surface area contributed by atoms with Gasteiger partial charge in [-0.2, -0.15) is 5.26 Å². The molecule has 0 spiro atoms. The summed E-state index contributed by atoms with van der Waals surface area (Å²) < 4.78 is 13.5. The third kappa shape index (κ3) is 2.16. The fraction of sp³-hybridized carbons (Fsp3) is 0.143. The Bertz CT molecular complexity index is 595. The average molecular weight is 226 g/mol. The summed E-state index contributed by atoms with van der Waals surface area (Å²) in [5.41, 5.74) is 3.17. The largest absolute Gasteiger partial charge is 0.261 e. The van der Waals surface area contributed by atoms with Crippen LogP contribution in [0.4, 0.5) is 4.39 Å². The van der Waals surface area contributed by atoms with Crippen molar-refractivity contribution in [2.75, 3.05) is 0 Å². The lowest BCUT2D eigenvalue weighted by atomic mass is 9.99. The number of nitrogens with zero attached hydrogens (tertiary/aromatic N) is 2. The number of halogens is 1. The highest BCUT2D eigenvalue weighted by atomic mass is 19.1. The van der Waals surface area contributed by atoms with Gasteiger partial charge in [0.15, 0.2) is 0 Å². The number of nitriles is 1. The third-order valence-corrected chi connectivity index (χ3v) is 2.64. The van der Waals surface area contributed by atoms with Crippen LogP contribution >= 0.6 is 0 Å². The molecule has 0 aliphatic carbocycles. The Labute approximate surface area is 99.4 Å². The number of aromatic nitrogens is 1. The molecule has 0 aliphatic heterocycles. The molecule has 2 rings (SSSR count). The van der Waals surface area contributed by atoms with E-state index in [-0.39, 0.29) is 5.82 Å². The van der Waals surface area contributed by atoms with Crippen molar-refractivity contribution in [2.24, 2.45) is 0 Å². The molecule has 17 heavy (non-hydrogen) atoms. The first-order valence-electron chi connectivity index (χ1n) is 5.25. The molecule has 2 nitrogen and oxygen atoms in total. The molecule has 0 amide bonds. The summed E-state index contributed by atoms with van der Waals surface area (Å²) in [6.07, 6.45) is 1.65. The van der Waals surface area contributed by atoms with Crippen LogP contribution < -0.4 is 0 Å². The van der Waals surface area contributed by atoms with Crippen molar-refractivity contribution in [3.05, 3.63) is 53.1 Å². The molecular weight excluding hydrogens is 215 g/mol. The quantitative estimate of drug-likeness (QED) is 0.747. The summed E-state index contributed by atoms with van der Waals surface area (Å²) in [5, 5.41) is 9.06. The van der Waals surface area contributed by atoms with Gasteiger partial charge in [-0.25, -0.2) is 4.39 Å². The number of pyridine rings is 1. The van der Waals surface area contributed by atoms with E-state index < -0.39 is 0 Å². The Morgan fingerprint density at radius 2 is 2.00 bits per heavy atom. The van der Waals surface area contributed by atoms with Gasteiger partial charge >= 0.3 is 0 Å². The number of hydrogen-bond donors (Lipinski definition) is 0. The zero-order valence-electron chi connectivity index (χ0n) is 9.66. The predicted molar refractivity (Wildman–Crippen MR) is 63.8 cm³/mol. The number of rotatable bonds is 1. The Morgan fingerprint density at radius 1 is 1.24 bits per heavy atom. The second kappa shape index (κ2) is 4.34. The van der Waals surface area contributed by atoms with E-state index in [2.05, 4.69) is 11.1 Å². The molecule has 0 radical (unpaired) electrons. The molecule has 0 fully saturated rings. The maximum absolute atomic E-state index is 13.5. The maximum atomic E-state index is 13.5. The van der Waals surface area contributed by atoms with E-state index in [1.165, 1.54) is 6.07 Å². The van der Waals surface area contributed by atoms with Gasteiger partial charge in [0.25, 0.3) is 0 Å². The zero-order chi connectivity index (χ0) is 12.4. The second-order valence-electron chi connectivity index (χ2n) is 3.95. The molecule has 3 heteroatoms. The average Bonchev–Trinajstić information content (AvgIpc) is 2.33. The van der Waals surface area contributed by atoms with E-state index in [0.29, 0.717) is 16.7 Å². The highest BCUT2D eigenvalue weighted by Crippen LogP contribution is 2.25. The fourth-order valence-electron chi connectivity index (χ4n) is 1.64. The van der Waals surface area contributed by atoms with Gasteiger partial charge in [-0.1, -0.05) is 6.07 Å². The van der Waals surface area contributed by atoms with Crippen molar-refractivity contribution < 1.29 is 4.39 Å². The van der Waals surface area contributed by atoms with Crippen LogP contribution in [-0.2, 0) is 0 Å². The van der Waals surface area contributed by atoms with Crippen molar-refractivity contribution in [1.29, 1.82) is 5.26 Å². The smallest absolute Gasteiger partial charge is 0.126 e. The predicted octanol–water partition coefficient (Wildman–Crippen LogP) is 3.38. The van der Waals surface area contributed by atoms with Crippen molar-refractivity contribution in [3.63, 3.8) is 0 Å². The van der Waals surface area contributed by atoms with Crippen LogP contribution in [0, 0.1) is 31.0 Å². The van der Waals surface area contributed by atoms with Gasteiger partial charge in [-0.05, 0) is 37.6 Å². The lowest BCUT2D eigenvalue weighted by molar-refractivity contribution is 0.619. The van der Waals surface area contributed by atoms with Crippen LogP contribution in [0.25, 0.3) is 11.1 Å². The number of aryl methyl sites for hydroxylation is 2. The summed E-state index contributed by atoms with van der Waals surface area (Å²) in [6.45, 7) is 3.53. The van der Waals surface area contributed by atoms with Crippen LogP contribution in [0.5, 0.6) is 0 Å². The standard InChI is InChI=1S/C14H11FN2/c1-9-5-12(7-16)13(6-14(9)15)11-4-3-10(2)17-8-11/h3-6,8H,1-2H3. The van der Waals surface area contributed by atoms with Crippen molar-refractivity contribution in [1.82, 2.24) is 4.98 Å². The molecule has 0 unspecified atom stereocenters. The van der Waals surface area contributed by atoms with Gasteiger partial charge in [-0.15, -0.1) is 0 Å². The number of hydrogen-bond acceptors (Lipinski definition) is 2. The van der Waals surface area contributed by atoms with Crippen LogP contribution in [0.2, 0.25) is 0 Å². The third-order valence-electron chi connectivity index (χ3n) is 2.64. The van der Waals surface area contributed by atoms with Gasteiger partial charge in [0.05, 0.1) is 11.6 Å². The van der Waals surface area contributed by atoms with Gasteiger partial charge in [0, 0.05) is 23.0 Å². The van der Waals surface area contributed by atoms with Gasteiger partial charge in [0.1, 0.15) is 5.82 Å². The van der Waals surface area contributed by atoms with Gasteiger partial charge in [-0.3, -0.25) is 4.98 Å². The Kier molecular flexibility index (Phi) is 2.88. The minimum atomic E-state index is -0.306. The lowest BCUT2D eigenvalue weighted by Gasteiger charge is -2.06. The van der Waals surface area contributed by atoms with Crippen molar-refractivity contribution in [3.8, 4) is 17.2 Å². The first-order chi connectivity index (χ1) is 8.11. The lowest BCUT2D eigenvalue weighted by Crippen LogP contribution is -1.91. The highest BCUT2D eigenvalue weighted by Gasteiger charge is 2.09. The Morgan fingerprint density at radius 3 is 2.59 bits per heavy atom. The van der Waals surface area contributed by atoms with E-state index in [1.807, 2.05) is 19.1 Å². The molecule has 0 bridgehead atoms. The van der Waals surface area contributed by atoms with E-state index in [4.69, 9.17) is 5.26 Å². The van der Waals surface area contributed by atoms with Gasteiger partial charge in [0.2, 0.25) is 0 Å². The summed E-state index contributed by atoms with van der Waals surface area (Å²) >= 11 is 0. The van der Waals surface area contributed by atoms with Crippen molar-refractivity contribution >= 4 is 0 Å². The minimum Gasteiger partial charge on any atom is -0.261 e. The summed E-state index contributed by atoms with van der Waals surface area (Å²) in [5.74, 6) is -0.306. The van der Waals surface area contributed by atoms with Crippen LogP contribution in [0.1, 0.15) is 16.8 Å². The zero-order valence-corrected chi connectivity index (χ0v) is 9.66. The molecule has 2 aromatic rings. The molecule has 0 atom stereocenters. The van der Waals surface area contributed by atoms with Crippen LogP contribution in [-0.4, -0.2) is 4.98 Å². The molecule has 84 valence electrons. The summed E-state index contributed by atoms with van der Waals surface area (Å²) in [6, 6.07) is 8.71. The molecule has 0 saturated heterocycles. The normalized spacial score (nSPS) is 10.0. The highest BCUT2D eigenvalue weighted by molar-refractivity contribution is 5.70. The Hall–Kier alpha value is -2.21. The van der Waals surface area contributed by atoms with Crippen LogP contribution in [0.3, 0.4) is 0 Å². The van der Waals surface area contributed by atoms with E-state index in [9.17, 15) is 4.39 Å². The van der Waals surface area contributed by atoms with E-state index in [0.717, 1.165) is 11.3 Å². The summed E-state index contributed by atoms with van der Waals surface area (Å²) in [7, 11) is 0. The molecule has 1 aromatic carbocycles. The first kappa shape index (κ1) is 11.3. The summed E-state index contributed by atoms with van der Waals surface area (Å²) in [4.78, 5) is 4.15.